The number of hydrogen-bond acceptors (Lipinski definition) is 5. The van der Waals surface area contributed by atoms with Crippen molar-refractivity contribution in [1.82, 2.24) is 0 Å². The maximum absolute atomic E-state index is 11.4. The zero-order valence-electron chi connectivity index (χ0n) is 9.82. The van der Waals surface area contributed by atoms with Gasteiger partial charge in [0.1, 0.15) is 5.54 Å². The number of carbonyl (C=O) groups excluding carboxylic acids is 1. The minimum Gasteiger partial charge on any atom is -0.465 e. The van der Waals surface area contributed by atoms with Crippen LogP contribution in [0.1, 0.15) is 27.7 Å². The molecule has 15 heavy (non-hydrogen) atoms. The summed E-state index contributed by atoms with van der Waals surface area (Å²) in [5.74, 6) is 0.0491. The SMILES string of the molecule is CCOC(=O)C(C)(N)CSC(C)C(C)O. The van der Waals surface area contributed by atoms with Gasteiger partial charge in [0.25, 0.3) is 0 Å². The average molecular weight is 235 g/mol. The van der Waals surface area contributed by atoms with E-state index in [1.54, 1.807) is 20.8 Å². The molecule has 0 spiro atoms. The van der Waals surface area contributed by atoms with Crippen LogP contribution in [0.3, 0.4) is 0 Å². The molecule has 0 aromatic carbocycles. The van der Waals surface area contributed by atoms with Crippen LogP contribution in [0.2, 0.25) is 0 Å². The van der Waals surface area contributed by atoms with Crippen molar-refractivity contribution in [3.8, 4) is 0 Å². The molecule has 0 fully saturated rings. The summed E-state index contributed by atoms with van der Waals surface area (Å²) in [6.45, 7) is 7.35. The lowest BCUT2D eigenvalue weighted by Crippen LogP contribution is -2.49. The van der Waals surface area contributed by atoms with E-state index < -0.39 is 17.6 Å². The standard InChI is InChI=1S/C10H21NO3S/c1-5-14-9(13)10(4,11)6-15-8(3)7(2)12/h7-8,12H,5-6,11H2,1-4H3. The lowest BCUT2D eigenvalue weighted by atomic mass is 10.1. The molecule has 0 bridgehead atoms. The van der Waals surface area contributed by atoms with Gasteiger partial charge in [-0.3, -0.25) is 4.79 Å². The van der Waals surface area contributed by atoms with E-state index in [1.807, 2.05) is 6.92 Å². The van der Waals surface area contributed by atoms with Gasteiger partial charge in [0, 0.05) is 11.0 Å². The monoisotopic (exact) mass is 235 g/mol. The first-order valence-corrected chi connectivity index (χ1v) is 6.12. The van der Waals surface area contributed by atoms with E-state index in [-0.39, 0.29) is 5.25 Å². The van der Waals surface area contributed by atoms with Crippen LogP contribution in [-0.4, -0.2) is 40.3 Å². The number of aliphatic hydroxyl groups is 1. The van der Waals surface area contributed by atoms with Crippen LogP contribution in [0.5, 0.6) is 0 Å². The molecule has 0 aromatic heterocycles. The Bertz CT molecular complexity index is 207. The maximum Gasteiger partial charge on any atom is 0.326 e. The molecule has 0 saturated heterocycles. The van der Waals surface area contributed by atoms with Crippen molar-refractivity contribution in [2.45, 2.75) is 44.6 Å². The fourth-order valence-electron chi connectivity index (χ4n) is 0.799. The van der Waals surface area contributed by atoms with Gasteiger partial charge in [0.15, 0.2) is 0 Å². The Morgan fingerprint density at radius 1 is 1.60 bits per heavy atom. The number of ether oxygens (including phenoxy) is 1. The third-order valence-electron chi connectivity index (χ3n) is 2.07. The topological polar surface area (TPSA) is 72.5 Å². The molecule has 0 rings (SSSR count). The average Bonchev–Trinajstić information content (AvgIpc) is 2.14. The van der Waals surface area contributed by atoms with E-state index in [0.29, 0.717) is 12.4 Å². The fraction of sp³-hybridized carbons (Fsp3) is 0.900. The van der Waals surface area contributed by atoms with Gasteiger partial charge in [-0.1, -0.05) is 6.92 Å². The number of rotatable bonds is 6. The summed E-state index contributed by atoms with van der Waals surface area (Å²) in [4.78, 5) is 11.4. The van der Waals surface area contributed by atoms with Crippen LogP contribution in [0, 0.1) is 0 Å². The van der Waals surface area contributed by atoms with Crippen molar-refractivity contribution in [1.29, 1.82) is 0 Å². The molecule has 0 aliphatic carbocycles. The molecule has 0 aromatic rings. The van der Waals surface area contributed by atoms with Crippen LogP contribution in [-0.2, 0) is 9.53 Å². The Labute approximate surface area is 95.6 Å². The predicted molar refractivity (Wildman–Crippen MR) is 62.8 cm³/mol. The molecule has 0 saturated carbocycles. The molecule has 0 aliphatic rings. The summed E-state index contributed by atoms with van der Waals surface area (Å²) in [5.41, 5.74) is 4.84. The fourth-order valence-corrected chi connectivity index (χ4v) is 1.80. The highest BCUT2D eigenvalue weighted by Crippen LogP contribution is 2.19. The Balaban J connectivity index is 4.08. The molecule has 5 heteroatoms. The number of hydrogen-bond donors (Lipinski definition) is 2. The zero-order valence-corrected chi connectivity index (χ0v) is 10.6. The summed E-state index contributed by atoms with van der Waals surface area (Å²) < 4.78 is 4.86. The van der Waals surface area contributed by atoms with Gasteiger partial charge in [-0.15, -0.1) is 0 Å². The second-order valence-corrected chi connectivity index (χ2v) is 5.26. The highest BCUT2D eigenvalue weighted by atomic mass is 32.2. The predicted octanol–water partition coefficient (Wildman–Crippen LogP) is 0.769. The van der Waals surface area contributed by atoms with Crippen LogP contribution < -0.4 is 5.73 Å². The summed E-state index contributed by atoms with van der Waals surface area (Å²) in [7, 11) is 0. The van der Waals surface area contributed by atoms with Crippen LogP contribution >= 0.6 is 11.8 Å². The quantitative estimate of drug-likeness (QED) is 0.665. The van der Waals surface area contributed by atoms with Crippen molar-refractivity contribution >= 4 is 17.7 Å². The molecule has 3 unspecified atom stereocenters. The van der Waals surface area contributed by atoms with Crippen LogP contribution in [0.15, 0.2) is 0 Å². The molecule has 3 N–H and O–H groups in total. The van der Waals surface area contributed by atoms with E-state index in [9.17, 15) is 9.90 Å². The van der Waals surface area contributed by atoms with Crippen molar-refractivity contribution in [2.24, 2.45) is 5.73 Å². The third-order valence-corrected chi connectivity index (χ3v) is 3.75. The molecular weight excluding hydrogens is 214 g/mol. The van der Waals surface area contributed by atoms with E-state index in [2.05, 4.69) is 0 Å². The number of thioether (sulfide) groups is 1. The number of carbonyl (C=O) groups is 1. The largest absolute Gasteiger partial charge is 0.465 e. The maximum atomic E-state index is 11.4. The van der Waals surface area contributed by atoms with E-state index >= 15 is 0 Å². The second-order valence-electron chi connectivity index (χ2n) is 3.89. The van der Waals surface area contributed by atoms with E-state index in [0.717, 1.165) is 0 Å². The first kappa shape index (κ1) is 14.7. The van der Waals surface area contributed by atoms with Gasteiger partial charge in [-0.05, 0) is 20.8 Å². The van der Waals surface area contributed by atoms with Crippen molar-refractivity contribution in [2.75, 3.05) is 12.4 Å². The lowest BCUT2D eigenvalue weighted by molar-refractivity contribution is -0.148. The van der Waals surface area contributed by atoms with Crippen molar-refractivity contribution in [3.63, 3.8) is 0 Å². The highest BCUT2D eigenvalue weighted by molar-refractivity contribution is 8.00. The second kappa shape index (κ2) is 6.35. The third kappa shape index (κ3) is 5.39. The summed E-state index contributed by atoms with van der Waals surface area (Å²) >= 11 is 1.47. The zero-order chi connectivity index (χ0) is 12.1. The highest BCUT2D eigenvalue weighted by Gasteiger charge is 2.30. The van der Waals surface area contributed by atoms with Gasteiger partial charge in [-0.25, -0.2) is 0 Å². The Morgan fingerprint density at radius 2 is 2.13 bits per heavy atom. The lowest BCUT2D eigenvalue weighted by Gasteiger charge is -2.24. The molecule has 4 nitrogen and oxygen atoms in total. The minimum atomic E-state index is -0.982. The van der Waals surface area contributed by atoms with Gasteiger partial charge in [0.05, 0.1) is 12.7 Å². The Morgan fingerprint density at radius 3 is 2.53 bits per heavy atom. The molecule has 3 atom stereocenters. The van der Waals surface area contributed by atoms with Crippen molar-refractivity contribution < 1.29 is 14.6 Å². The van der Waals surface area contributed by atoms with Gasteiger partial charge in [0.2, 0.25) is 0 Å². The van der Waals surface area contributed by atoms with Crippen LogP contribution in [0.4, 0.5) is 0 Å². The Hall–Kier alpha value is -0.260. The molecule has 0 amide bonds. The van der Waals surface area contributed by atoms with Crippen LogP contribution in [0.25, 0.3) is 0 Å². The van der Waals surface area contributed by atoms with Gasteiger partial charge in [-0.2, -0.15) is 11.8 Å². The molecule has 0 aliphatic heterocycles. The molecular formula is C10H21NO3S. The normalized spacial score (nSPS) is 19.1. The smallest absolute Gasteiger partial charge is 0.326 e. The van der Waals surface area contributed by atoms with Crippen molar-refractivity contribution in [3.05, 3.63) is 0 Å². The van der Waals surface area contributed by atoms with E-state index in [1.165, 1.54) is 11.8 Å². The molecule has 90 valence electrons. The van der Waals surface area contributed by atoms with Gasteiger partial charge >= 0.3 is 5.97 Å². The summed E-state index contributed by atoms with van der Waals surface area (Å²) in [6.07, 6.45) is -0.409. The first-order chi connectivity index (χ1) is 6.81. The first-order valence-electron chi connectivity index (χ1n) is 5.07. The number of nitrogens with two attached hydrogens (primary N) is 1. The Kier molecular flexibility index (Phi) is 6.24. The van der Waals surface area contributed by atoms with Gasteiger partial charge < -0.3 is 15.6 Å². The summed E-state index contributed by atoms with van der Waals surface area (Å²) in [5, 5.41) is 9.34. The molecule has 0 radical (unpaired) electrons. The molecule has 0 heterocycles. The number of aliphatic hydroxyl groups excluding tert-OH is 1. The minimum absolute atomic E-state index is 0.0577. The number of esters is 1. The van der Waals surface area contributed by atoms with E-state index in [4.69, 9.17) is 10.5 Å². The summed E-state index contributed by atoms with van der Waals surface area (Å²) in [6, 6.07) is 0.